The third-order valence-electron chi connectivity index (χ3n) is 5.70. The topological polar surface area (TPSA) is 137 Å². The van der Waals surface area contributed by atoms with Gasteiger partial charge in [-0.25, -0.2) is 4.79 Å². The van der Waals surface area contributed by atoms with Crippen LogP contribution in [0.2, 0.25) is 0 Å². The van der Waals surface area contributed by atoms with Gasteiger partial charge in [-0.1, -0.05) is 40.5 Å². The summed E-state index contributed by atoms with van der Waals surface area (Å²) >= 11 is 0. The summed E-state index contributed by atoms with van der Waals surface area (Å²) in [6, 6.07) is -3.02. The van der Waals surface area contributed by atoms with Crippen molar-refractivity contribution < 1.29 is 24.3 Å². The Labute approximate surface area is 172 Å². The van der Waals surface area contributed by atoms with Gasteiger partial charge in [0.1, 0.15) is 18.1 Å². The number of aliphatic carboxylic acids is 1. The number of rotatable bonds is 11. The molecule has 0 bridgehead atoms. The van der Waals surface area contributed by atoms with Crippen LogP contribution in [-0.4, -0.2) is 59.5 Å². The number of hydrogen-bond donors (Lipinski definition) is 5. The maximum absolute atomic E-state index is 12.8. The van der Waals surface area contributed by atoms with Crippen LogP contribution in [0.4, 0.5) is 0 Å². The first-order valence-corrected chi connectivity index (χ1v) is 10.5. The first kappa shape index (κ1) is 24.9. The zero-order valence-electron chi connectivity index (χ0n) is 18.1. The van der Waals surface area contributed by atoms with E-state index >= 15 is 0 Å². The van der Waals surface area contributed by atoms with Crippen LogP contribution in [0.25, 0.3) is 0 Å². The van der Waals surface area contributed by atoms with Crippen molar-refractivity contribution in [3.8, 4) is 0 Å². The Morgan fingerprint density at radius 3 is 2.00 bits per heavy atom. The average molecular weight is 413 g/mol. The maximum atomic E-state index is 12.8. The van der Waals surface area contributed by atoms with Crippen LogP contribution in [0.3, 0.4) is 0 Å². The number of amides is 3. The molecule has 5 N–H and O–H groups in total. The molecule has 0 aromatic heterocycles. The minimum Gasteiger partial charge on any atom is -0.480 e. The zero-order valence-corrected chi connectivity index (χ0v) is 18.1. The van der Waals surface area contributed by atoms with Gasteiger partial charge < -0.3 is 26.4 Å². The lowest BCUT2D eigenvalue weighted by molar-refractivity contribution is -0.143. The summed E-state index contributed by atoms with van der Waals surface area (Å²) in [5.41, 5.74) is 0. The maximum Gasteiger partial charge on any atom is 0.326 e. The number of hydrogen-bond acceptors (Lipinski definition) is 5. The molecule has 3 amide bonds. The van der Waals surface area contributed by atoms with E-state index in [0.717, 1.165) is 19.4 Å². The number of nitrogens with one attached hydrogen (secondary N) is 4. The van der Waals surface area contributed by atoms with E-state index in [1.165, 1.54) is 6.92 Å². The van der Waals surface area contributed by atoms with E-state index in [2.05, 4.69) is 21.3 Å². The van der Waals surface area contributed by atoms with Crippen LogP contribution >= 0.6 is 0 Å². The summed E-state index contributed by atoms with van der Waals surface area (Å²) in [6.07, 6.45) is 2.91. The van der Waals surface area contributed by atoms with Gasteiger partial charge in [0.15, 0.2) is 0 Å². The van der Waals surface area contributed by atoms with E-state index in [0.29, 0.717) is 12.8 Å². The molecule has 9 nitrogen and oxygen atoms in total. The third-order valence-corrected chi connectivity index (χ3v) is 5.70. The zero-order chi connectivity index (χ0) is 22.1. The highest BCUT2D eigenvalue weighted by molar-refractivity contribution is 5.94. The van der Waals surface area contributed by atoms with Gasteiger partial charge in [0.05, 0.1) is 6.04 Å². The Bertz CT molecular complexity index is 591. The molecule has 6 unspecified atom stereocenters. The lowest BCUT2D eigenvalue weighted by atomic mass is 9.97. The van der Waals surface area contributed by atoms with Gasteiger partial charge in [-0.05, 0) is 38.1 Å². The molecule has 0 aliphatic carbocycles. The Hall–Kier alpha value is -2.16. The predicted octanol–water partition coefficient (Wildman–Crippen LogP) is 0.390. The van der Waals surface area contributed by atoms with Crippen LogP contribution in [0, 0.1) is 11.8 Å². The monoisotopic (exact) mass is 412 g/mol. The van der Waals surface area contributed by atoms with Gasteiger partial charge in [-0.3, -0.25) is 14.4 Å². The molecule has 1 rings (SSSR count). The van der Waals surface area contributed by atoms with Gasteiger partial charge in [0.25, 0.3) is 0 Å². The second kappa shape index (κ2) is 11.7. The van der Waals surface area contributed by atoms with Crippen LogP contribution < -0.4 is 21.3 Å². The quantitative estimate of drug-likeness (QED) is 0.333. The summed E-state index contributed by atoms with van der Waals surface area (Å²) in [6.45, 7) is 9.64. The standard InChI is InChI=1S/C20H36N4O5/c1-6-11(3)15(23-18(26)14-9-8-10-21-14)19(27)22-13(5)17(25)24-16(20(28)29)12(4)7-2/h11-16,21H,6-10H2,1-5H3,(H,22,27)(H,23,26)(H,24,25)(H,28,29). The SMILES string of the molecule is CCC(C)C(NC(=O)C(C)NC(=O)C(NC(=O)C1CCCN1)C(C)CC)C(=O)O. The summed E-state index contributed by atoms with van der Waals surface area (Å²) in [4.78, 5) is 49.0. The molecule has 0 radical (unpaired) electrons. The lowest BCUT2D eigenvalue weighted by Crippen LogP contribution is -2.58. The Morgan fingerprint density at radius 2 is 1.52 bits per heavy atom. The van der Waals surface area contributed by atoms with Crippen molar-refractivity contribution >= 4 is 23.7 Å². The molecule has 1 aliphatic heterocycles. The summed E-state index contributed by atoms with van der Waals surface area (Å²) in [7, 11) is 0. The molecule has 29 heavy (non-hydrogen) atoms. The van der Waals surface area contributed by atoms with Gasteiger partial charge in [-0.2, -0.15) is 0 Å². The van der Waals surface area contributed by atoms with Crippen molar-refractivity contribution in [2.45, 2.75) is 84.5 Å². The molecule has 1 saturated heterocycles. The fourth-order valence-electron chi connectivity index (χ4n) is 3.19. The minimum atomic E-state index is -1.11. The van der Waals surface area contributed by atoms with Gasteiger partial charge in [0, 0.05) is 0 Å². The van der Waals surface area contributed by atoms with Gasteiger partial charge >= 0.3 is 5.97 Å². The smallest absolute Gasteiger partial charge is 0.326 e. The molecule has 1 aliphatic rings. The largest absolute Gasteiger partial charge is 0.480 e. The number of carboxylic acids is 1. The van der Waals surface area contributed by atoms with E-state index in [9.17, 15) is 24.3 Å². The molecule has 9 heteroatoms. The molecule has 1 fully saturated rings. The van der Waals surface area contributed by atoms with Gasteiger partial charge in [0.2, 0.25) is 17.7 Å². The minimum absolute atomic E-state index is 0.123. The van der Waals surface area contributed by atoms with Crippen molar-refractivity contribution in [3.05, 3.63) is 0 Å². The van der Waals surface area contributed by atoms with E-state index in [1.54, 1.807) is 6.92 Å². The molecule has 0 aromatic rings. The second-order valence-corrected chi connectivity index (χ2v) is 7.96. The normalized spacial score (nSPS) is 21.3. The van der Waals surface area contributed by atoms with Crippen molar-refractivity contribution in [2.75, 3.05) is 6.54 Å². The third kappa shape index (κ3) is 7.30. The molecular weight excluding hydrogens is 376 g/mol. The predicted molar refractivity (Wildman–Crippen MR) is 109 cm³/mol. The fourth-order valence-corrected chi connectivity index (χ4v) is 3.19. The number of carbonyl (C=O) groups is 4. The van der Waals surface area contributed by atoms with Crippen LogP contribution in [0.1, 0.15) is 60.3 Å². The highest BCUT2D eigenvalue weighted by Crippen LogP contribution is 2.12. The van der Waals surface area contributed by atoms with Crippen molar-refractivity contribution in [2.24, 2.45) is 11.8 Å². The summed E-state index contributed by atoms with van der Waals surface area (Å²) in [5, 5.41) is 20.3. The Balaban J connectivity index is 2.74. The summed E-state index contributed by atoms with van der Waals surface area (Å²) < 4.78 is 0. The van der Waals surface area contributed by atoms with Crippen LogP contribution in [0.5, 0.6) is 0 Å². The van der Waals surface area contributed by atoms with Crippen LogP contribution in [-0.2, 0) is 19.2 Å². The Kier molecular flexibility index (Phi) is 10.1. The van der Waals surface area contributed by atoms with E-state index in [1.807, 2.05) is 20.8 Å². The van der Waals surface area contributed by atoms with Crippen molar-refractivity contribution in [1.82, 2.24) is 21.3 Å². The summed E-state index contributed by atoms with van der Waals surface area (Å²) in [5.74, 6) is -2.72. The highest BCUT2D eigenvalue weighted by atomic mass is 16.4. The molecule has 166 valence electrons. The van der Waals surface area contributed by atoms with Gasteiger partial charge in [-0.15, -0.1) is 0 Å². The first-order chi connectivity index (χ1) is 13.6. The first-order valence-electron chi connectivity index (χ1n) is 10.5. The van der Waals surface area contributed by atoms with E-state index < -0.39 is 35.9 Å². The lowest BCUT2D eigenvalue weighted by Gasteiger charge is -2.27. The molecule has 6 atom stereocenters. The molecular formula is C20H36N4O5. The highest BCUT2D eigenvalue weighted by Gasteiger charge is 2.32. The Morgan fingerprint density at radius 1 is 0.931 bits per heavy atom. The average Bonchev–Trinajstić information content (AvgIpc) is 3.23. The molecule has 0 saturated carbocycles. The van der Waals surface area contributed by atoms with E-state index in [-0.39, 0.29) is 23.8 Å². The fraction of sp³-hybridized carbons (Fsp3) is 0.800. The number of carbonyl (C=O) groups excluding carboxylic acids is 3. The molecule has 1 heterocycles. The van der Waals surface area contributed by atoms with Crippen molar-refractivity contribution in [1.29, 1.82) is 0 Å². The number of carboxylic acid groups (broad SMARTS) is 1. The van der Waals surface area contributed by atoms with Crippen LogP contribution in [0.15, 0.2) is 0 Å². The van der Waals surface area contributed by atoms with Crippen molar-refractivity contribution in [3.63, 3.8) is 0 Å². The molecule has 0 aromatic carbocycles. The van der Waals surface area contributed by atoms with E-state index in [4.69, 9.17) is 0 Å². The second-order valence-electron chi connectivity index (χ2n) is 7.96. The molecule has 0 spiro atoms.